The molecule has 0 saturated heterocycles. The van der Waals surface area contributed by atoms with Gasteiger partial charge in [0.15, 0.2) is 0 Å². The Kier molecular flexibility index (Phi) is 5.03. The van der Waals surface area contributed by atoms with Crippen LogP contribution in [-0.4, -0.2) is 39.2 Å². The monoisotopic (exact) mass is 269 g/mol. The highest BCUT2D eigenvalue weighted by Gasteiger charge is 2.11. The highest BCUT2D eigenvalue weighted by atomic mass is 32.2. The maximum atomic E-state index is 11.8. The van der Waals surface area contributed by atoms with Crippen LogP contribution in [-0.2, 0) is 10.8 Å². The van der Waals surface area contributed by atoms with E-state index < -0.39 is 16.8 Å². The second-order valence-electron chi connectivity index (χ2n) is 4.00. The van der Waals surface area contributed by atoms with Gasteiger partial charge >= 0.3 is 5.97 Å². The Labute approximate surface area is 108 Å². The second kappa shape index (κ2) is 6.30. The Morgan fingerprint density at radius 2 is 1.78 bits per heavy atom. The zero-order valence-electron chi connectivity index (χ0n) is 10.2. The lowest BCUT2D eigenvalue weighted by atomic mass is 10.1. The summed E-state index contributed by atoms with van der Waals surface area (Å²) in [5.41, 5.74) is 0.517. The number of benzene rings is 1. The summed E-state index contributed by atoms with van der Waals surface area (Å²) in [6.45, 7) is 1.77. The SMILES string of the molecule is CC(CS(C)=O)NC(=O)c1ccc(C(=O)O)cc1. The third kappa shape index (κ3) is 4.29. The molecular formula is C12H15NO4S. The molecule has 2 N–H and O–H groups in total. The molecule has 2 atom stereocenters. The number of hydrogen-bond donors (Lipinski definition) is 2. The van der Waals surface area contributed by atoms with Crippen LogP contribution in [0.2, 0.25) is 0 Å². The molecule has 0 aliphatic rings. The predicted octanol–water partition coefficient (Wildman–Crippen LogP) is 0.882. The molecular weight excluding hydrogens is 254 g/mol. The van der Waals surface area contributed by atoms with Crippen LogP contribution < -0.4 is 5.32 Å². The van der Waals surface area contributed by atoms with Crippen LogP contribution in [0.25, 0.3) is 0 Å². The van der Waals surface area contributed by atoms with E-state index in [9.17, 15) is 13.8 Å². The average Bonchev–Trinajstić information content (AvgIpc) is 2.27. The van der Waals surface area contributed by atoms with Crippen molar-refractivity contribution in [3.05, 3.63) is 35.4 Å². The number of rotatable bonds is 5. The van der Waals surface area contributed by atoms with Crippen LogP contribution in [0, 0.1) is 0 Å². The molecule has 2 unspecified atom stereocenters. The topological polar surface area (TPSA) is 83.5 Å². The molecule has 5 nitrogen and oxygen atoms in total. The number of carboxylic acids is 1. The first-order valence-electron chi connectivity index (χ1n) is 5.34. The zero-order valence-corrected chi connectivity index (χ0v) is 11.0. The normalized spacial score (nSPS) is 13.7. The van der Waals surface area contributed by atoms with E-state index in [-0.39, 0.29) is 17.5 Å². The lowest BCUT2D eigenvalue weighted by molar-refractivity contribution is 0.0696. The third-order valence-electron chi connectivity index (χ3n) is 2.26. The van der Waals surface area contributed by atoms with Gasteiger partial charge in [0, 0.05) is 34.4 Å². The summed E-state index contributed by atoms with van der Waals surface area (Å²) in [6, 6.07) is 5.46. The van der Waals surface area contributed by atoms with E-state index in [0.29, 0.717) is 11.3 Å². The van der Waals surface area contributed by atoms with E-state index in [1.807, 2.05) is 0 Å². The van der Waals surface area contributed by atoms with E-state index in [1.54, 1.807) is 13.2 Å². The number of amides is 1. The molecule has 1 aromatic carbocycles. The predicted molar refractivity (Wildman–Crippen MR) is 69.3 cm³/mol. The van der Waals surface area contributed by atoms with Gasteiger partial charge < -0.3 is 10.4 Å². The first-order chi connectivity index (χ1) is 8.40. The van der Waals surface area contributed by atoms with E-state index >= 15 is 0 Å². The first-order valence-corrected chi connectivity index (χ1v) is 7.07. The number of carboxylic acid groups (broad SMARTS) is 1. The van der Waals surface area contributed by atoms with Crippen LogP contribution in [0.5, 0.6) is 0 Å². The molecule has 6 heteroatoms. The molecule has 98 valence electrons. The summed E-state index contributed by atoms with van der Waals surface area (Å²) >= 11 is 0. The van der Waals surface area contributed by atoms with Gasteiger partial charge in [-0.25, -0.2) is 4.79 Å². The first kappa shape index (κ1) is 14.4. The molecule has 0 aliphatic carbocycles. The molecule has 18 heavy (non-hydrogen) atoms. The van der Waals surface area contributed by atoms with Crippen LogP contribution in [0.1, 0.15) is 27.6 Å². The van der Waals surface area contributed by atoms with Crippen molar-refractivity contribution in [3.63, 3.8) is 0 Å². The van der Waals surface area contributed by atoms with Gasteiger partial charge in [-0.1, -0.05) is 0 Å². The number of hydrogen-bond acceptors (Lipinski definition) is 3. The Morgan fingerprint density at radius 3 is 2.22 bits per heavy atom. The van der Waals surface area contributed by atoms with Gasteiger partial charge in [-0.2, -0.15) is 0 Å². The van der Waals surface area contributed by atoms with Crippen molar-refractivity contribution in [1.82, 2.24) is 5.32 Å². The Hall–Kier alpha value is -1.69. The van der Waals surface area contributed by atoms with Crippen molar-refractivity contribution >= 4 is 22.7 Å². The molecule has 0 fully saturated rings. The average molecular weight is 269 g/mol. The molecule has 0 saturated carbocycles. The van der Waals surface area contributed by atoms with Crippen LogP contribution in [0.3, 0.4) is 0 Å². The second-order valence-corrected chi connectivity index (χ2v) is 5.48. The van der Waals surface area contributed by atoms with Crippen molar-refractivity contribution in [2.75, 3.05) is 12.0 Å². The molecule has 1 rings (SSSR count). The Balaban J connectivity index is 2.67. The van der Waals surface area contributed by atoms with Crippen molar-refractivity contribution in [3.8, 4) is 0 Å². The van der Waals surface area contributed by atoms with E-state index in [1.165, 1.54) is 24.3 Å². The van der Waals surface area contributed by atoms with Gasteiger partial charge in [0.1, 0.15) is 0 Å². The Bertz CT molecular complexity index is 469. The van der Waals surface area contributed by atoms with E-state index in [2.05, 4.69) is 5.32 Å². The lowest BCUT2D eigenvalue weighted by Gasteiger charge is -2.12. The number of carbonyl (C=O) groups excluding carboxylic acids is 1. The molecule has 1 amide bonds. The number of carbonyl (C=O) groups is 2. The molecule has 1 aromatic rings. The fourth-order valence-corrected chi connectivity index (χ4v) is 2.25. The van der Waals surface area contributed by atoms with E-state index in [0.717, 1.165) is 0 Å². The highest BCUT2D eigenvalue weighted by molar-refractivity contribution is 7.84. The maximum absolute atomic E-state index is 11.8. The fraction of sp³-hybridized carbons (Fsp3) is 0.333. The standard InChI is InChI=1S/C12H15NO4S/c1-8(7-18(2)17)13-11(14)9-3-5-10(6-4-9)12(15)16/h3-6,8H,7H2,1-2H3,(H,13,14)(H,15,16). The zero-order chi connectivity index (χ0) is 13.7. The van der Waals surface area contributed by atoms with Gasteiger partial charge in [-0.05, 0) is 31.2 Å². The lowest BCUT2D eigenvalue weighted by Crippen LogP contribution is -2.36. The smallest absolute Gasteiger partial charge is 0.335 e. The summed E-state index contributed by atoms with van der Waals surface area (Å²) in [5, 5.41) is 11.4. The minimum atomic E-state index is -1.03. The summed E-state index contributed by atoms with van der Waals surface area (Å²) in [7, 11) is -0.971. The summed E-state index contributed by atoms with van der Waals surface area (Å²) < 4.78 is 11.0. The summed E-state index contributed by atoms with van der Waals surface area (Å²) in [5.74, 6) is -0.944. The molecule has 0 aromatic heterocycles. The van der Waals surface area contributed by atoms with Crippen molar-refractivity contribution in [2.45, 2.75) is 13.0 Å². The molecule has 0 spiro atoms. The van der Waals surface area contributed by atoms with Crippen molar-refractivity contribution < 1.29 is 18.9 Å². The van der Waals surface area contributed by atoms with Gasteiger partial charge in [0.25, 0.3) is 5.91 Å². The molecule has 0 bridgehead atoms. The highest BCUT2D eigenvalue weighted by Crippen LogP contribution is 2.05. The van der Waals surface area contributed by atoms with Crippen LogP contribution in [0.4, 0.5) is 0 Å². The number of aromatic carboxylic acids is 1. The minimum Gasteiger partial charge on any atom is -0.478 e. The fourth-order valence-electron chi connectivity index (χ4n) is 1.47. The van der Waals surface area contributed by atoms with Gasteiger partial charge in [0.2, 0.25) is 0 Å². The molecule has 0 aliphatic heterocycles. The quantitative estimate of drug-likeness (QED) is 0.831. The van der Waals surface area contributed by atoms with Gasteiger partial charge in [-0.15, -0.1) is 0 Å². The van der Waals surface area contributed by atoms with Gasteiger partial charge in [-0.3, -0.25) is 9.00 Å². The van der Waals surface area contributed by atoms with Crippen LogP contribution in [0.15, 0.2) is 24.3 Å². The number of nitrogens with one attached hydrogen (secondary N) is 1. The largest absolute Gasteiger partial charge is 0.478 e. The minimum absolute atomic E-state index is 0.134. The molecule has 0 radical (unpaired) electrons. The van der Waals surface area contributed by atoms with E-state index in [4.69, 9.17) is 5.11 Å². The molecule has 0 heterocycles. The van der Waals surface area contributed by atoms with Gasteiger partial charge in [0.05, 0.1) is 5.56 Å². The third-order valence-corrected chi connectivity index (χ3v) is 3.23. The van der Waals surface area contributed by atoms with Crippen molar-refractivity contribution in [1.29, 1.82) is 0 Å². The Morgan fingerprint density at radius 1 is 1.28 bits per heavy atom. The van der Waals surface area contributed by atoms with Crippen molar-refractivity contribution in [2.24, 2.45) is 0 Å². The maximum Gasteiger partial charge on any atom is 0.335 e. The van der Waals surface area contributed by atoms with Crippen LogP contribution >= 0.6 is 0 Å². The summed E-state index contributed by atoms with van der Waals surface area (Å²) in [6.07, 6.45) is 1.57. The summed E-state index contributed by atoms with van der Waals surface area (Å²) in [4.78, 5) is 22.4.